The van der Waals surface area contributed by atoms with Crippen molar-refractivity contribution in [2.24, 2.45) is 5.92 Å². The monoisotopic (exact) mass is 294 g/mol. The summed E-state index contributed by atoms with van der Waals surface area (Å²) >= 11 is 1.81. The van der Waals surface area contributed by atoms with Crippen molar-refractivity contribution in [2.45, 2.75) is 32.4 Å². The Labute approximate surface area is 126 Å². The maximum Gasteiger partial charge on any atom is 0.0594 e. The summed E-state index contributed by atoms with van der Waals surface area (Å²) in [6, 6.07) is 2.98. The quantitative estimate of drug-likeness (QED) is 0.849. The number of morpholine rings is 1. The normalized spacial score (nSPS) is 24.9. The van der Waals surface area contributed by atoms with E-state index in [0.717, 1.165) is 44.8 Å². The lowest BCUT2D eigenvalue weighted by Crippen LogP contribution is -2.48. The fourth-order valence-electron chi connectivity index (χ4n) is 3.52. The van der Waals surface area contributed by atoms with Crippen molar-refractivity contribution in [2.75, 3.05) is 39.4 Å². The SMILES string of the molecule is C[C@H](C1CCN(Cc2ccsc2)CC1)N1CCOCC1. The molecule has 3 rings (SSSR count). The van der Waals surface area contributed by atoms with E-state index in [1.165, 1.54) is 31.5 Å². The lowest BCUT2D eigenvalue weighted by atomic mass is 9.89. The molecule has 2 fully saturated rings. The predicted molar refractivity (Wildman–Crippen MR) is 84.2 cm³/mol. The zero-order valence-corrected chi connectivity index (χ0v) is 13.3. The molecule has 0 bridgehead atoms. The minimum atomic E-state index is 0.724. The molecule has 0 aliphatic carbocycles. The molecule has 20 heavy (non-hydrogen) atoms. The molecular formula is C16H26N2OS. The second-order valence-corrected chi connectivity index (χ2v) is 6.91. The second kappa shape index (κ2) is 7.03. The number of rotatable bonds is 4. The molecule has 3 nitrogen and oxygen atoms in total. The lowest BCUT2D eigenvalue weighted by Gasteiger charge is -2.41. The molecule has 0 N–H and O–H groups in total. The van der Waals surface area contributed by atoms with Gasteiger partial charge in [0.1, 0.15) is 0 Å². The highest BCUT2D eigenvalue weighted by molar-refractivity contribution is 7.07. The number of thiophene rings is 1. The van der Waals surface area contributed by atoms with Crippen LogP contribution in [0.5, 0.6) is 0 Å². The Morgan fingerprint density at radius 3 is 2.65 bits per heavy atom. The maximum absolute atomic E-state index is 5.46. The highest BCUT2D eigenvalue weighted by Crippen LogP contribution is 2.25. The van der Waals surface area contributed by atoms with Crippen LogP contribution in [0.3, 0.4) is 0 Å². The van der Waals surface area contributed by atoms with E-state index < -0.39 is 0 Å². The lowest BCUT2D eigenvalue weighted by molar-refractivity contribution is -0.00191. The summed E-state index contributed by atoms with van der Waals surface area (Å²) in [6.07, 6.45) is 2.70. The molecule has 2 aliphatic heterocycles. The molecular weight excluding hydrogens is 268 g/mol. The van der Waals surface area contributed by atoms with E-state index in [2.05, 4.69) is 33.6 Å². The van der Waals surface area contributed by atoms with Crippen molar-refractivity contribution in [1.82, 2.24) is 9.80 Å². The summed E-state index contributed by atoms with van der Waals surface area (Å²) in [5, 5.41) is 4.46. The maximum atomic E-state index is 5.46. The van der Waals surface area contributed by atoms with Crippen LogP contribution in [0.1, 0.15) is 25.3 Å². The Kier molecular flexibility index (Phi) is 5.10. The third-order valence-electron chi connectivity index (χ3n) is 4.92. The van der Waals surface area contributed by atoms with Crippen LogP contribution in [0.4, 0.5) is 0 Å². The van der Waals surface area contributed by atoms with Gasteiger partial charge in [0.05, 0.1) is 13.2 Å². The van der Waals surface area contributed by atoms with Crippen molar-refractivity contribution in [3.05, 3.63) is 22.4 Å². The fourth-order valence-corrected chi connectivity index (χ4v) is 4.18. The zero-order chi connectivity index (χ0) is 13.8. The highest BCUT2D eigenvalue weighted by atomic mass is 32.1. The van der Waals surface area contributed by atoms with E-state index in [9.17, 15) is 0 Å². The average molecular weight is 294 g/mol. The molecule has 0 radical (unpaired) electrons. The van der Waals surface area contributed by atoms with Crippen LogP contribution in [0, 0.1) is 5.92 Å². The fraction of sp³-hybridized carbons (Fsp3) is 0.750. The van der Waals surface area contributed by atoms with Gasteiger partial charge in [-0.05, 0) is 61.2 Å². The average Bonchev–Trinajstić information content (AvgIpc) is 3.01. The first-order chi connectivity index (χ1) is 9.83. The number of nitrogens with zero attached hydrogens (tertiary/aromatic N) is 2. The van der Waals surface area contributed by atoms with E-state index in [4.69, 9.17) is 4.74 Å². The third-order valence-corrected chi connectivity index (χ3v) is 5.65. The number of piperidine rings is 1. The molecule has 0 amide bonds. The topological polar surface area (TPSA) is 15.7 Å². The van der Waals surface area contributed by atoms with Gasteiger partial charge in [0, 0.05) is 25.7 Å². The van der Waals surface area contributed by atoms with Crippen LogP contribution >= 0.6 is 11.3 Å². The Hall–Kier alpha value is -0.420. The predicted octanol–water partition coefficient (Wildman–Crippen LogP) is 2.68. The van der Waals surface area contributed by atoms with Crippen LogP contribution in [0.2, 0.25) is 0 Å². The molecule has 112 valence electrons. The molecule has 0 saturated carbocycles. The molecule has 1 atom stereocenters. The van der Waals surface area contributed by atoms with Gasteiger partial charge in [-0.3, -0.25) is 9.80 Å². The van der Waals surface area contributed by atoms with Crippen LogP contribution in [0.15, 0.2) is 16.8 Å². The molecule has 0 spiro atoms. The molecule has 1 aromatic heterocycles. The number of hydrogen-bond acceptors (Lipinski definition) is 4. The van der Waals surface area contributed by atoms with Crippen LogP contribution in [-0.2, 0) is 11.3 Å². The molecule has 4 heteroatoms. The van der Waals surface area contributed by atoms with Crippen LogP contribution in [-0.4, -0.2) is 55.2 Å². The summed E-state index contributed by atoms with van der Waals surface area (Å²) in [5.74, 6) is 0.867. The Bertz CT molecular complexity index is 381. The molecule has 1 aromatic rings. The highest BCUT2D eigenvalue weighted by Gasteiger charge is 2.28. The Balaban J connectivity index is 1.45. The van der Waals surface area contributed by atoms with Gasteiger partial charge in [-0.15, -0.1) is 0 Å². The molecule has 0 unspecified atom stereocenters. The molecule has 0 aromatic carbocycles. The summed E-state index contributed by atoms with van der Waals surface area (Å²) in [7, 11) is 0. The third kappa shape index (κ3) is 3.61. The summed E-state index contributed by atoms with van der Waals surface area (Å²) < 4.78 is 5.46. The summed E-state index contributed by atoms with van der Waals surface area (Å²) in [4.78, 5) is 5.24. The van der Waals surface area contributed by atoms with E-state index in [0.29, 0.717) is 0 Å². The van der Waals surface area contributed by atoms with Gasteiger partial charge in [0.15, 0.2) is 0 Å². The first-order valence-electron chi connectivity index (χ1n) is 7.88. The van der Waals surface area contributed by atoms with Crippen molar-refractivity contribution in [3.63, 3.8) is 0 Å². The largest absolute Gasteiger partial charge is 0.379 e. The first-order valence-corrected chi connectivity index (χ1v) is 8.82. The summed E-state index contributed by atoms with van der Waals surface area (Å²) in [5.41, 5.74) is 1.48. The van der Waals surface area contributed by atoms with Gasteiger partial charge in [-0.1, -0.05) is 0 Å². The van der Waals surface area contributed by atoms with E-state index in [-0.39, 0.29) is 0 Å². The van der Waals surface area contributed by atoms with Gasteiger partial charge < -0.3 is 4.74 Å². The van der Waals surface area contributed by atoms with Crippen LogP contribution in [0.25, 0.3) is 0 Å². The number of likely N-dealkylation sites (tertiary alicyclic amines) is 1. The number of ether oxygens (including phenoxy) is 1. The zero-order valence-electron chi connectivity index (χ0n) is 12.5. The van der Waals surface area contributed by atoms with Gasteiger partial charge >= 0.3 is 0 Å². The van der Waals surface area contributed by atoms with Crippen molar-refractivity contribution in [3.8, 4) is 0 Å². The van der Waals surface area contributed by atoms with Crippen LogP contribution < -0.4 is 0 Å². The minimum Gasteiger partial charge on any atom is -0.379 e. The molecule has 2 aliphatic rings. The molecule has 3 heterocycles. The smallest absolute Gasteiger partial charge is 0.0594 e. The Morgan fingerprint density at radius 2 is 2.00 bits per heavy atom. The van der Waals surface area contributed by atoms with Crippen molar-refractivity contribution >= 4 is 11.3 Å². The summed E-state index contributed by atoms with van der Waals surface area (Å²) in [6.45, 7) is 10.2. The van der Waals surface area contributed by atoms with E-state index >= 15 is 0 Å². The van der Waals surface area contributed by atoms with Crippen molar-refractivity contribution in [1.29, 1.82) is 0 Å². The number of hydrogen-bond donors (Lipinski definition) is 0. The molecule has 2 saturated heterocycles. The van der Waals surface area contributed by atoms with Crippen molar-refractivity contribution < 1.29 is 4.74 Å². The Morgan fingerprint density at radius 1 is 1.25 bits per heavy atom. The minimum absolute atomic E-state index is 0.724. The van der Waals surface area contributed by atoms with Gasteiger partial charge in [0.2, 0.25) is 0 Å². The second-order valence-electron chi connectivity index (χ2n) is 6.13. The van der Waals surface area contributed by atoms with Gasteiger partial charge in [-0.2, -0.15) is 11.3 Å². The van der Waals surface area contributed by atoms with Gasteiger partial charge in [-0.25, -0.2) is 0 Å². The first kappa shape index (κ1) is 14.5. The van der Waals surface area contributed by atoms with E-state index in [1.54, 1.807) is 0 Å². The van der Waals surface area contributed by atoms with E-state index in [1.807, 2.05) is 11.3 Å². The standard InChI is InChI=1S/C16H26N2OS/c1-14(18-7-9-19-10-8-18)16-2-5-17(6-3-16)12-15-4-11-20-13-15/h4,11,13-14,16H,2-3,5-10,12H2,1H3/t14-/m1/s1. The van der Waals surface area contributed by atoms with Gasteiger partial charge in [0.25, 0.3) is 0 Å².